The molecular weight excluding hydrogens is 216 g/mol. The predicted molar refractivity (Wildman–Crippen MR) is 66.8 cm³/mol. The molecule has 0 aliphatic carbocycles. The van der Waals surface area contributed by atoms with E-state index in [4.69, 9.17) is 5.11 Å². The van der Waals surface area contributed by atoms with E-state index in [1.54, 1.807) is 0 Å². The zero-order chi connectivity index (χ0) is 12.6. The molecule has 0 aromatic carbocycles. The van der Waals surface area contributed by atoms with Gasteiger partial charge in [-0.05, 0) is 38.8 Å². The van der Waals surface area contributed by atoms with E-state index >= 15 is 0 Å². The van der Waals surface area contributed by atoms with Crippen LogP contribution >= 0.6 is 0 Å². The summed E-state index contributed by atoms with van der Waals surface area (Å²) >= 11 is 0. The average Bonchev–Trinajstić information content (AvgIpc) is 2.26. The summed E-state index contributed by atoms with van der Waals surface area (Å²) < 4.78 is 0. The Morgan fingerprint density at radius 3 is 2.76 bits per heavy atom. The molecule has 2 aliphatic rings. The second-order valence-corrected chi connectivity index (χ2v) is 5.67. The molecule has 2 aliphatic heterocycles. The van der Waals surface area contributed by atoms with Crippen LogP contribution in [0, 0.1) is 0 Å². The summed E-state index contributed by atoms with van der Waals surface area (Å²) in [4.78, 5) is 14.8. The molecule has 4 nitrogen and oxygen atoms in total. The molecule has 94 valence electrons. The molecule has 1 atom stereocenters. The lowest BCUT2D eigenvalue weighted by molar-refractivity contribution is 0.105. The molecule has 17 heavy (non-hydrogen) atoms. The number of allylic oxidation sites excluding steroid dienone is 2. The minimum Gasteiger partial charge on any atom is -0.465 e. The van der Waals surface area contributed by atoms with Gasteiger partial charge in [0.2, 0.25) is 0 Å². The van der Waals surface area contributed by atoms with E-state index in [0.29, 0.717) is 19.1 Å². The number of nitrogens with zero attached hydrogens (tertiary/aromatic N) is 2. The van der Waals surface area contributed by atoms with Gasteiger partial charge in [-0.2, -0.15) is 0 Å². The Morgan fingerprint density at radius 2 is 2.18 bits per heavy atom. The lowest BCUT2D eigenvalue weighted by atomic mass is 9.91. The maximum Gasteiger partial charge on any atom is 0.407 e. The van der Waals surface area contributed by atoms with E-state index in [-0.39, 0.29) is 5.54 Å². The molecule has 2 rings (SSSR count). The number of amides is 1. The van der Waals surface area contributed by atoms with Crippen LogP contribution in [0.1, 0.15) is 27.2 Å². The maximum absolute atomic E-state index is 11.0. The van der Waals surface area contributed by atoms with Gasteiger partial charge in [0.15, 0.2) is 0 Å². The fourth-order valence-electron chi connectivity index (χ4n) is 2.57. The van der Waals surface area contributed by atoms with Crippen molar-refractivity contribution in [3.8, 4) is 0 Å². The van der Waals surface area contributed by atoms with Crippen LogP contribution in [0.15, 0.2) is 23.9 Å². The molecule has 1 unspecified atom stereocenters. The van der Waals surface area contributed by atoms with Crippen molar-refractivity contribution >= 4 is 6.09 Å². The zero-order valence-corrected chi connectivity index (χ0v) is 10.7. The molecule has 0 saturated carbocycles. The van der Waals surface area contributed by atoms with E-state index in [1.165, 1.54) is 10.5 Å². The molecule has 0 aromatic rings. The molecule has 1 amide bonds. The number of hydrogen-bond acceptors (Lipinski definition) is 2. The van der Waals surface area contributed by atoms with E-state index in [9.17, 15) is 4.79 Å². The van der Waals surface area contributed by atoms with Crippen molar-refractivity contribution in [2.45, 2.75) is 38.8 Å². The SMILES string of the molecule is CC(C)(C)N1C=CC=C2CN(C(=O)O)CCC21. The minimum atomic E-state index is -0.818. The summed E-state index contributed by atoms with van der Waals surface area (Å²) in [6, 6.07) is 0.357. The monoisotopic (exact) mass is 236 g/mol. The third-order valence-corrected chi connectivity index (χ3v) is 3.41. The molecular formula is C13H20N2O2. The highest BCUT2D eigenvalue weighted by Crippen LogP contribution is 2.30. The van der Waals surface area contributed by atoms with Gasteiger partial charge in [0.25, 0.3) is 0 Å². The van der Waals surface area contributed by atoms with E-state index in [0.717, 1.165) is 6.42 Å². The number of carboxylic acid groups (broad SMARTS) is 1. The largest absolute Gasteiger partial charge is 0.465 e. The minimum absolute atomic E-state index is 0.0755. The van der Waals surface area contributed by atoms with Crippen LogP contribution < -0.4 is 0 Å². The third kappa shape index (κ3) is 2.30. The number of hydrogen-bond donors (Lipinski definition) is 1. The van der Waals surface area contributed by atoms with Crippen LogP contribution in [0.3, 0.4) is 0 Å². The Labute approximate surface area is 102 Å². The third-order valence-electron chi connectivity index (χ3n) is 3.41. The number of likely N-dealkylation sites (tertiary alicyclic amines) is 1. The van der Waals surface area contributed by atoms with Crippen LogP contribution in [0.25, 0.3) is 0 Å². The summed E-state index contributed by atoms with van der Waals surface area (Å²) in [6.07, 6.45) is 6.25. The van der Waals surface area contributed by atoms with Crippen molar-refractivity contribution in [3.63, 3.8) is 0 Å². The molecule has 4 heteroatoms. The highest BCUT2D eigenvalue weighted by atomic mass is 16.4. The second kappa shape index (κ2) is 4.09. The first-order valence-electron chi connectivity index (χ1n) is 6.03. The second-order valence-electron chi connectivity index (χ2n) is 5.67. The van der Waals surface area contributed by atoms with Gasteiger partial charge in [0.1, 0.15) is 0 Å². The molecule has 0 spiro atoms. The molecule has 0 aromatic heterocycles. The Kier molecular flexibility index (Phi) is 2.89. The summed E-state index contributed by atoms with van der Waals surface area (Å²) in [5.74, 6) is 0. The quantitative estimate of drug-likeness (QED) is 0.702. The van der Waals surface area contributed by atoms with Gasteiger partial charge in [-0.25, -0.2) is 4.79 Å². The number of fused-ring (bicyclic) bond motifs is 1. The van der Waals surface area contributed by atoms with Crippen molar-refractivity contribution in [2.24, 2.45) is 0 Å². The van der Waals surface area contributed by atoms with Gasteiger partial charge in [0, 0.05) is 24.8 Å². The smallest absolute Gasteiger partial charge is 0.407 e. The summed E-state index contributed by atoms with van der Waals surface area (Å²) in [7, 11) is 0. The number of piperidine rings is 1. The first-order chi connectivity index (χ1) is 7.89. The van der Waals surface area contributed by atoms with Gasteiger partial charge in [0.05, 0.1) is 6.04 Å². The molecule has 2 heterocycles. The highest BCUT2D eigenvalue weighted by Gasteiger charge is 2.34. The fraction of sp³-hybridized carbons (Fsp3) is 0.615. The van der Waals surface area contributed by atoms with Crippen LogP contribution in [-0.4, -0.2) is 45.7 Å². The van der Waals surface area contributed by atoms with Gasteiger partial charge >= 0.3 is 6.09 Å². The Morgan fingerprint density at radius 1 is 1.47 bits per heavy atom. The molecule has 1 fully saturated rings. The number of carbonyl (C=O) groups is 1. The highest BCUT2D eigenvalue weighted by molar-refractivity contribution is 5.65. The Balaban J connectivity index is 2.17. The topological polar surface area (TPSA) is 43.8 Å². The van der Waals surface area contributed by atoms with Crippen LogP contribution in [0.5, 0.6) is 0 Å². The average molecular weight is 236 g/mol. The summed E-state index contributed by atoms with van der Waals surface area (Å²) in [5, 5.41) is 9.02. The Bertz CT molecular complexity index is 379. The van der Waals surface area contributed by atoms with Crippen molar-refractivity contribution in [1.29, 1.82) is 0 Å². The first kappa shape index (κ1) is 12.0. The van der Waals surface area contributed by atoms with Crippen LogP contribution in [0.4, 0.5) is 4.79 Å². The standard InChI is InChI=1S/C13H20N2O2/c1-13(2,3)15-7-4-5-10-9-14(12(16)17)8-6-11(10)15/h4-5,7,11H,6,8-9H2,1-3H3,(H,16,17). The predicted octanol–water partition coefficient (Wildman–Crippen LogP) is 2.29. The molecule has 1 saturated heterocycles. The number of rotatable bonds is 0. The lowest BCUT2D eigenvalue weighted by Crippen LogP contribution is -2.52. The van der Waals surface area contributed by atoms with Crippen LogP contribution in [0.2, 0.25) is 0 Å². The normalized spacial score (nSPS) is 24.4. The van der Waals surface area contributed by atoms with Gasteiger partial charge in [-0.15, -0.1) is 0 Å². The van der Waals surface area contributed by atoms with E-state index in [2.05, 4.69) is 37.9 Å². The van der Waals surface area contributed by atoms with Crippen molar-refractivity contribution in [2.75, 3.05) is 13.1 Å². The van der Waals surface area contributed by atoms with Gasteiger partial charge in [-0.3, -0.25) is 0 Å². The van der Waals surface area contributed by atoms with E-state index in [1.807, 2.05) is 6.08 Å². The van der Waals surface area contributed by atoms with Crippen molar-refractivity contribution < 1.29 is 9.90 Å². The summed E-state index contributed by atoms with van der Waals surface area (Å²) in [6.45, 7) is 7.71. The Hall–Kier alpha value is -1.45. The van der Waals surface area contributed by atoms with Gasteiger partial charge in [-0.1, -0.05) is 6.08 Å². The fourth-order valence-corrected chi connectivity index (χ4v) is 2.57. The lowest BCUT2D eigenvalue weighted by Gasteiger charge is -2.47. The molecule has 0 bridgehead atoms. The van der Waals surface area contributed by atoms with Crippen LogP contribution in [-0.2, 0) is 0 Å². The van der Waals surface area contributed by atoms with Crippen molar-refractivity contribution in [1.82, 2.24) is 9.80 Å². The zero-order valence-electron chi connectivity index (χ0n) is 10.7. The summed E-state index contributed by atoms with van der Waals surface area (Å²) in [5.41, 5.74) is 1.28. The first-order valence-corrected chi connectivity index (χ1v) is 6.03. The maximum atomic E-state index is 11.0. The molecule has 0 radical (unpaired) electrons. The van der Waals surface area contributed by atoms with Gasteiger partial charge < -0.3 is 14.9 Å². The molecule has 1 N–H and O–H groups in total. The van der Waals surface area contributed by atoms with Crippen molar-refractivity contribution in [3.05, 3.63) is 23.9 Å². The van der Waals surface area contributed by atoms with E-state index < -0.39 is 6.09 Å².